The molecule has 0 bridgehead atoms. The van der Waals surface area contributed by atoms with Gasteiger partial charge in [-0.1, -0.05) is 65.7 Å². The van der Waals surface area contributed by atoms with Crippen LogP contribution in [0.4, 0.5) is 0 Å². The molecular formula is C24H28N2O7S2. The summed E-state index contributed by atoms with van der Waals surface area (Å²) in [7, 11) is -8.08. The average Bonchev–Trinajstić information content (AvgIpc) is 2.82. The highest BCUT2D eigenvalue weighted by Gasteiger charge is 2.27. The van der Waals surface area contributed by atoms with E-state index in [0.717, 1.165) is 16.7 Å². The molecule has 11 heteroatoms. The molecule has 0 amide bonds. The van der Waals surface area contributed by atoms with E-state index in [1.54, 1.807) is 24.3 Å². The van der Waals surface area contributed by atoms with Gasteiger partial charge in [0.2, 0.25) is 10.0 Å². The van der Waals surface area contributed by atoms with Crippen LogP contribution in [0.15, 0.2) is 88.7 Å². The highest BCUT2D eigenvalue weighted by atomic mass is 32.2. The molecule has 0 spiro atoms. The molecule has 3 rings (SSSR count). The van der Waals surface area contributed by atoms with Crippen LogP contribution >= 0.6 is 0 Å². The number of hydrogen-bond acceptors (Lipinski definition) is 7. The smallest absolute Gasteiger partial charge is 0.330 e. The second-order valence-corrected chi connectivity index (χ2v) is 10.7. The van der Waals surface area contributed by atoms with E-state index in [4.69, 9.17) is 4.74 Å². The van der Waals surface area contributed by atoms with Crippen LogP contribution in [0.5, 0.6) is 0 Å². The molecule has 0 saturated heterocycles. The van der Waals surface area contributed by atoms with Crippen LogP contribution in [0.3, 0.4) is 0 Å². The van der Waals surface area contributed by atoms with Crippen molar-refractivity contribution < 1.29 is 36.7 Å². The second kappa shape index (κ2) is 12.6. The van der Waals surface area contributed by atoms with E-state index < -0.39 is 32.2 Å². The van der Waals surface area contributed by atoms with Crippen molar-refractivity contribution in [3.8, 4) is 0 Å². The van der Waals surface area contributed by atoms with Crippen LogP contribution < -0.4 is 10.5 Å². The maximum atomic E-state index is 12.3. The summed E-state index contributed by atoms with van der Waals surface area (Å²) in [5, 5.41) is 0. The number of benzene rings is 3. The van der Waals surface area contributed by atoms with E-state index in [9.17, 15) is 26.2 Å². The molecule has 0 aromatic heterocycles. The first-order chi connectivity index (χ1) is 16.4. The van der Waals surface area contributed by atoms with Crippen LogP contribution in [-0.2, 0) is 36.3 Å². The summed E-state index contributed by atoms with van der Waals surface area (Å²) in [5.41, 5.74) is 6.33. The number of quaternary nitrogens is 1. The van der Waals surface area contributed by atoms with Gasteiger partial charge in [0.25, 0.3) is 0 Å². The number of nitrogens with one attached hydrogen (secondary N) is 1. The van der Waals surface area contributed by atoms with Gasteiger partial charge in [0.1, 0.15) is 23.3 Å². The Hall–Kier alpha value is -3.09. The van der Waals surface area contributed by atoms with Crippen LogP contribution in [0.25, 0.3) is 0 Å². The molecular weight excluding hydrogens is 492 g/mol. The highest BCUT2D eigenvalue weighted by Crippen LogP contribution is 2.11. The van der Waals surface area contributed by atoms with Gasteiger partial charge < -0.3 is 15.0 Å². The molecule has 9 nitrogen and oxygen atoms in total. The molecule has 0 radical (unpaired) electrons. The topological polar surface area (TPSA) is 157 Å². The average molecular weight is 521 g/mol. The van der Waals surface area contributed by atoms with E-state index in [-0.39, 0.29) is 22.9 Å². The van der Waals surface area contributed by atoms with Crippen LogP contribution in [0, 0.1) is 13.8 Å². The predicted molar refractivity (Wildman–Crippen MR) is 128 cm³/mol. The first-order valence-electron chi connectivity index (χ1n) is 10.5. The summed E-state index contributed by atoms with van der Waals surface area (Å²) in [6, 6.07) is 20.3. The fourth-order valence-electron chi connectivity index (χ4n) is 2.73. The zero-order chi connectivity index (χ0) is 26.1. The third kappa shape index (κ3) is 9.23. The number of carbonyl (C=O) groups is 1. The van der Waals surface area contributed by atoms with Crippen molar-refractivity contribution in [1.82, 2.24) is 4.72 Å². The molecule has 0 unspecified atom stereocenters. The van der Waals surface area contributed by atoms with Crippen LogP contribution in [0.2, 0.25) is 0 Å². The Kier molecular flexibility index (Phi) is 10.1. The van der Waals surface area contributed by atoms with Gasteiger partial charge in [-0.25, -0.2) is 16.8 Å². The van der Waals surface area contributed by atoms with Crippen molar-refractivity contribution in [3.63, 3.8) is 0 Å². The van der Waals surface area contributed by atoms with Gasteiger partial charge in [0.05, 0.1) is 9.79 Å². The molecule has 35 heavy (non-hydrogen) atoms. The maximum absolute atomic E-state index is 12.3. The van der Waals surface area contributed by atoms with E-state index in [1.165, 1.54) is 24.3 Å². The monoisotopic (exact) mass is 520 g/mol. The highest BCUT2D eigenvalue weighted by molar-refractivity contribution is 7.89. The van der Waals surface area contributed by atoms with E-state index >= 15 is 0 Å². The van der Waals surface area contributed by atoms with E-state index in [0.29, 0.717) is 0 Å². The molecule has 0 aliphatic carbocycles. The summed E-state index contributed by atoms with van der Waals surface area (Å²) < 4.78 is 63.4. The Morgan fingerprint density at radius 1 is 0.857 bits per heavy atom. The molecule has 0 fully saturated rings. The fourth-order valence-corrected chi connectivity index (χ4v) is 4.42. The SMILES string of the molecule is Cc1ccc(S(=O)(=O)N[C@@H](C[NH3+])C(=O)OCc2ccccc2)cc1.Cc1ccc(S(=O)(=O)[O-])cc1. The molecule has 0 aliphatic rings. The largest absolute Gasteiger partial charge is 0.744 e. The Morgan fingerprint density at radius 2 is 1.34 bits per heavy atom. The summed E-state index contributed by atoms with van der Waals surface area (Å²) >= 11 is 0. The van der Waals surface area contributed by atoms with Gasteiger partial charge in [-0.05, 0) is 43.7 Å². The standard InChI is InChI=1S/C17H20N2O4S.C7H8O3S/c1-13-7-9-15(10-8-13)24(21,22)19-16(11-18)17(20)23-12-14-5-3-2-4-6-14;1-6-2-4-7(5-3-6)11(8,9)10/h2-10,16,19H,11-12,18H2,1H3;2-5H,1H3,(H,8,9,10)/t16-;/m0./s1. The Morgan fingerprint density at radius 3 is 1.80 bits per heavy atom. The quantitative estimate of drug-likeness (QED) is 0.337. The Bertz CT molecular complexity index is 1310. The van der Waals surface area contributed by atoms with Crippen molar-refractivity contribution >= 4 is 26.1 Å². The molecule has 0 aliphatic heterocycles. The number of rotatable bonds is 8. The van der Waals surface area contributed by atoms with Crippen molar-refractivity contribution in [3.05, 3.63) is 95.6 Å². The third-order valence-corrected chi connectivity index (χ3v) is 7.07. The molecule has 0 heterocycles. The van der Waals surface area contributed by atoms with Crippen LogP contribution in [-0.4, -0.2) is 39.9 Å². The lowest BCUT2D eigenvalue weighted by Gasteiger charge is -2.15. The van der Waals surface area contributed by atoms with Gasteiger partial charge in [-0.3, -0.25) is 4.79 Å². The van der Waals surface area contributed by atoms with Crippen LogP contribution in [0.1, 0.15) is 16.7 Å². The van der Waals surface area contributed by atoms with Crippen molar-refractivity contribution in [2.75, 3.05) is 6.54 Å². The van der Waals surface area contributed by atoms with Crippen molar-refractivity contribution in [2.45, 2.75) is 36.3 Å². The molecule has 188 valence electrons. The molecule has 3 aromatic rings. The zero-order valence-electron chi connectivity index (χ0n) is 19.4. The summed E-state index contributed by atoms with van der Waals surface area (Å²) in [4.78, 5) is 12.0. The van der Waals surface area contributed by atoms with Gasteiger partial charge in [0, 0.05) is 0 Å². The minimum atomic E-state index is -4.27. The minimum Gasteiger partial charge on any atom is -0.744 e. The van der Waals surface area contributed by atoms with Gasteiger partial charge in [-0.2, -0.15) is 4.72 Å². The van der Waals surface area contributed by atoms with E-state index in [1.807, 2.05) is 44.2 Å². The number of aryl methyl sites for hydroxylation is 2. The first-order valence-corrected chi connectivity index (χ1v) is 13.4. The number of sulfonamides is 1. The Balaban J connectivity index is 0.000000328. The number of carbonyl (C=O) groups excluding carboxylic acids is 1. The lowest BCUT2D eigenvalue weighted by atomic mass is 10.2. The number of esters is 1. The van der Waals surface area contributed by atoms with Gasteiger partial charge >= 0.3 is 5.97 Å². The molecule has 1 atom stereocenters. The number of hydrogen-bond donors (Lipinski definition) is 2. The number of ether oxygens (including phenoxy) is 1. The molecule has 3 aromatic carbocycles. The molecule has 4 N–H and O–H groups in total. The minimum absolute atomic E-state index is 0.0543. The summed E-state index contributed by atoms with van der Waals surface area (Å²) in [6.45, 7) is 3.83. The van der Waals surface area contributed by atoms with Crippen molar-refractivity contribution in [1.29, 1.82) is 0 Å². The predicted octanol–water partition coefficient (Wildman–Crippen LogP) is 1.53. The molecule has 0 saturated carbocycles. The maximum Gasteiger partial charge on any atom is 0.330 e. The fraction of sp³-hybridized carbons (Fsp3) is 0.208. The van der Waals surface area contributed by atoms with Gasteiger partial charge in [-0.15, -0.1) is 0 Å². The summed E-state index contributed by atoms with van der Waals surface area (Å²) in [5.74, 6) is -0.649. The second-order valence-electron chi connectivity index (χ2n) is 7.64. The third-order valence-electron chi connectivity index (χ3n) is 4.74. The lowest BCUT2D eigenvalue weighted by Crippen LogP contribution is -2.62. The first kappa shape index (κ1) is 28.1. The zero-order valence-corrected chi connectivity index (χ0v) is 21.0. The van der Waals surface area contributed by atoms with Gasteiger partial charge in [0.15, 0.2) is 6.04 Å². The summed E-state index contributed by atoms with van der Waals surface area (Å²) in [6.07, 6.45) is 0. The lowest BCUT2D eigenvalue weighted by molar-refractivity contribution is -0.370. The van der Waals surface area contributed by atoms with Crippen molar-refractivity contribution in [2.24, 2.45) is 0 Å². The normalized spacial score (nSPS) is 12.2. The van der Waals surface area contributed by atoms with E-state index in [2.05, 4.69) is 10.5 Å². The Labute approximate surface area is 205 Å².